The first kappa shape index (κ1) is 11.0. The summed E-state index contributed by atoms with van der Waals surface area (Å²) in [4.78, 5) is 4.58. The van der Waals surface area contributed by atoms with Gasteiger partial charge in [0, 0.05) is 12.5 Å². The first-order valence-corrected chi connectivity index (χ1v) is 6.62. The first-order valence-electron chi connectivity index (χ1n) is 5.83. The quantitative estimate of drug-likeness (QED) is 0.848. The number of hydrogen-bond donors (Lipinski definition) is 2. The van der Waals surface area contributed by atoms with Crippen LogP contribution in [0.5, 0.6) is 5.75 Å². The smallest absolute Gasteiger partial charge is 0.132 e. The van der Waals surface area contributed by atoms with E-state index in [0.29, 0.717) is 5.92 Å². The lowest BCUT2D eigenvalue weighted by Crippen LogP contribution is -2.29. The van der Waals surface area contributed by atoms with Crippen LogP contribution in [0.3, 0.4) is 0 Å². The van der Waals surface area contributed by atoms with E-state index < -0.39 is 0 Å². The summed E-state index contributed by atoms with van der Waals surface area (Å²) in [6.45, 7) is 2.05. The second-order valence-electron chi connectivity index (χ2n) is 4.45. The Balaban J connectivity index is 2.11. The third kappa shape index (κ3) is 1.93. The lowest BCUT2D eigenvalue weighted by Gasteiger charge is -2.21. The Morgan fingerprint density at radius 1 is 1.47 bits per heavy atom. The molecule has 1 atom stereocenters. The van der Waals surface area contributed by atoms with Gasteiger partial charge in [0.15, 0.2) is 0 Å². The number of rotatable bonds is 1. The van der Waals surface area contributed by atoms with Crippen LogP contribution in [0.1, 0.15) is 24.6 Å². The van der Waals surface area contributed by atoms with Crippen LogP contribution in [0, 0.1) is 0 Å². The Hall–Kier alpha value is -1.07. The third-order valence-corrected chi connectivity index (χ3v) is 3.85. The summed E-state index contributed by atoms with van der Waals surface area (Å²) in [5.74, 6) is 1.71. The highest BCUT2D eigenvalue weighted by molar-refractivity contribution is 9.10. The molecule has 1 aliphatic heterocycles. The second kappa shape index (κ2) is 4.31. The molecular formula is C12H14BrN3O. The molecule has 0 saturated carbocycles. The van der Waals surface area contributed by atoms with Gasteiger partial charge >= 0.3 is 0 Å². The SMILES string of the molecule is Oc1ccc2c(Br)nc(C3CCCNC3)n2c1. The molecule has 2 aromatic heterocycles. The number of nitrogens with one attached hydrogen (secondary N) is 1. The van der Waals surface area contributed by atoms with Crippen molar-refractivity contribution in [2.75, 3.05) is 13.1 Å². The van der Waals surface area contributed by atoms with Gasteiger partial charge in [0.2, 0.25) is 0 Å². The van der Waals surface area contributed by atoms with Crippen LogP contribution in [0.15, 0.2) is 22.9 Å². The van der Waals surface area contributed by atoms with Crippen LogP contribution in [0.4, 0.5) is 0 Å². The molecule has 90 valence electrons. The van der Waals surface area contributed by atoms with Crippen LogP contribution in [0.2, 0.25) is 0 Å². The van der Waals surface area contributed by atoms with Gasteiger partial charge in [0.25, 0.3) is 0 Å². The van der Waals surface area contributed by atoms with Crippen molar-refractivity contribution in [3.05, 3.63) is 28.8 Å². The topological polar surface area (TPSA) is 49.6 Å². The van der Waals surface area contributed by atoms with Gasteiger partial charge in [0.05, 0.1) is 11.7 Å². The number of imidazole rings is 1. The first-order chi connectivity index (χ1) is 8.25. The highest BCUT2D eigenvalue weighted by Crippen LogP contribution is 2.28. The van der Waals surface area contributed by atoms with Gasteiger partial charge in [-0.05, 0) is 47.4 Å². The summed E-state index contributed by atoms with van der Waals surface area (Å²) in [7, 11) is 0. The van der Waals surface area contributed by atoms with E-state index in [4.69, 9.17) is 0 Å². The van der Waals surface area contributed by atoms with Gasteiger partial charge in [-0.3, -0.25) is 4.40 Å². The summed E-state index contributed by atoms with van der Waals surface area (Å²) in [5.41, 5.74) is 1.00. The molecule has 1 fully saturated rings. The zero-order chi connectivity index (χ0) is 11.8. The Kier molecular flexibility index (Phi) is 2.80. The summed E-state index contributed by atoms with van der Waals surface area (Å²) in [6, 6.07) is 3.57. The minimum Gasteiger partial charge on any atom is -0.506 e. The Bertz CT molecular complexity index is 546. The molecule has 2 N–H and O–H groups in total. The number of halogens is 1. The molecular weight excluding hydrogens is 282 g/mol. The van der Waals surface area contributed by atoms with Crippen molar-refractivity contribution in [2.45, 2.75) is 18.8 Å². The molecule has 0 spiro atoms. The number of hydrogen-bond acceptors (Lipinski definition) is 3. The second-order valence-corrected chi connectivity index (χ2v) is 5.20. The number of pyridine rings is 1. The van der Waals surface area contributed by atoms with Crippen LogP contribution >= 0.6 is 15.9 Å². The largest absolute Gasteiger partial charge is 0.506 e. The van der Waals surface area contributed by atoms with Gasteiger partial charge < -0.3 is 10.4 Å². The van der Waals surface area contributed by atoms with E-state index in [1.807, 2.05) is 10.5 Å². The third-order valence-electron chi connectivity index (χ3n) is 3.27. The van der Waals surface area contributed by atoms with Crippen molar-refractivity contribution >= 4 is 21.4 Å². The fourth-order valence-corrected chi connectivity index (χ4v) is 2.92. The zero-order valence-electron chi connectivity index (χ0n) is 9.36. The molecule has 2 aromatic rings. The number of aromatic nitrogens is 2. The molecule has 3 heterocycles. The summed E-state index contributed by atoms with van der Waals surface area (Å²) in [6.07, 6.45) is 4.06. The van der Waals surface area contributed by atoms with Crippen molar-refractivity contribution in [2.24, 2.45) is 0 Å². The standard InChI is InChI=1S/C12H14BrN3O/c13-11-10-4-3-9(17)7-16(10)12(15-11)8-2-1-5-14-6-8/h3-4,7-8,14,17H,1-2,5-6H2. The van der Waals surface area contributed by atoms with E-state index in [0.717, 1.165) is 35.5 Å². The molecule has 1 saturated heterocycles. The molecule has 0 amide bonds. The molecule has 1 aliphatic rings. The predicted octanol–water partition coefficient (Wildman–Crippen LogP) is 2.27. The maximum Gasteiger partial charge on any atom is 0.132 e. The van der Waals surface area contributed by atoms with Gasteiger partial charge in [-0.1, -0.05) is 0 Å². The fraction of sp³-hybridized carbons (Fsp3) is 0.417. The number of piperidine rings is 1. The summed E-state index contributed by atoms with van der Waals surface area (Å²) < 4.78 is 2.83. The number of fused-ring (bicyclic) bond motifs is 1. The molecule has 5 heteroatoms. The van der Waals surface area contributed by atoms with Crippen molar-refractivity contribution in [1.82, 2.24) is 14.7 Å². The van der Waals surface area contributed by atoms with E-state index in [2.05, 4.69) is 26.2 Å². The molecule has 1 unspecified atom stereocenters. The lowest BCUT2D eigenvalue weighted by molar-refractivity contribution is 0.442. The highest BCUT2D eigenvalue weighted by atomic mass is 79.9. The fourth-order valence-electron chi connectivity index (χ4n) is 2.42. The molecule has 0 aromatic carbocycles. The molecule has 0 aliphatic carbocycles. The van der Waals surface area contributed by atoms with E-state index in [9.17, 15) is 5.11 Å². The Labute approximate surface area is 108 Å². The summed E-state index contributed by atoms with van der Waals surface area (Å²) in [5, 5.41) is 13.0. The van der Waals surface area contributed by atoms with Gasteiger partial charge in [0.1, 0.15) is 16.2 Å². The van der Waals surface area contributed by atoms with Crippen molar-refractivity contribution in [1.29, 1.82) is 0 Å². The highest BCUT2D eigenvalue weighted by Gasteiger charge is 2.21. The van der Waals surface area contributed by atoms with Gasteiger partial charge in [-0.2, -0.15) is 0 Å². The van der Waals surface area contributed by atoms with Gasteiger partial charge in [-0.15, -0.1) is 0 Å². The molecule has 4 nitrogen and oxygen atoms in total. The molecule has 0 radical (unpaired) electrons. The number of aromatic hydroxyl groups is 1. The minimum atomic E-state index is 0.271. The van der Waals surface area contributed by atoms with Crippen molar-refractivity contribution in [3.63, 3.8) is 0 Å². The average Bonchev–Trinajstić information content (AvgIpc) is 2.67. The number of nitrogens with zero attached hydrogens (tertiary/aromatic N) is 2. The van der Waals surface area contributed by atoms with Crippen LogP contribution < -0.4 is 5.32 Å². The summed E-state index contributed by atoms with van der Waals surface area (Å²) >= 11 is 3.47. The van der Waals surface area contributed by atoms with Crippen LogP contribution in [0.25, 0.3) is 5.52 Å². The molecule has 17 heavy (non-hydrogen) atoms. The van der Waals surface area contributed by atoms with E-state index in [-0.39, 0.29) is 5.75 Å². The zero-order valence-corrected chi connectivity index (χ0v) is 10.9. The maximum absolute atomic E-state index is 9.58. The maximum atomic E-state index is 9.58. The Morgan fingerprint density at radius 3 is 3.12 bits per heavy atom. The minimum absolute atomic E-state index is 0.271. The van der Waals surface area contributed by atoms with Crippen LogP contribution in [-0.2, 0) is 0 Å². The lowest BCUT2D eigenvalue weighted by atomic mass is 9.99. The van der Waals surface area contributed by atoms with Crippen molar-refractivity contribution in [3.8, 4) is 5.75 Å². The molecule has 3 rings (SSSR count). The van der Waals surface area contributed by atoms with Gasteiger partial charge in [-0.25, -0.2) is 4.98 Å². The predicted molar refractivity (Wildman–Crippen MR) is 69.4 cm³/mol. The normalized spacial score (nSPS) is 20.9. The Morgan fingerprint density at radius 2 is 2.35 bits per heavy atom. The van der Waals surface area contributed by atoms with E-state index in [1.54, 1.807) is 12.3 Å². The monoisotopic (exact) mass is 295 g/mol. The van der Waals surface area contributed by atoms with E-state index >= 15 is 0 Å². The van der Waals surface area contributed by atoms with E-state index in [1.165, 1.54) is 6.42 Å². The van der Waals surface area contributed by atoms with Crippen LogP contribution in [-0.4, -0.2) is 27.6 Å². The average molecular weight is 296 g/mol. The van der Waals surface area contributed by atoms with Crippen molar-refractivity contribution < 1.29 is 5.11 Å². The molecule has 0 bridgehead atoms.